The van der Waals surface area contributed by atoms with Gasteiger partial charge in [-0.25, -0.2) is 0 Å². The zero-order chi connectivity index (χ0) is 16.5. The van der Waals surface area contributed by atoms with E-state index < -0.39 is 0 Å². The lowest BCUT2D eigenvalue weighted by Gasteiger charge is -2.08. The minimum atomic E-state index is 0.181. The maximum atomic E-state index is 6.26. The van der Waals surface area contributed by atoms with Crippen molar-refractivity contribution < 1.29 is 4.74 Å². The highest BCUT2D eigenvalue weighted by Gasteiger charge is 2.08. The Morgan fingerprint density at radius 3 is 2.62 bits per heavy atom. The fourth-order valence-electron chi connectivity index (χ4n) is 2.34. The molecule has 0 N–H and O–H groups in total. The van der Waals surface area contributed by atoms with Gasteiger partial charge in [-0.3, -0.25) is 0 Å². The van der Waals surface area contributed by atoms with Gasteiger partial charge in [-0.1, -0.05) is 41.9 Å². The highest BCUT2D eigenvalue weighted by Crippen LogP contribution is 2.31. The lowest BCUT2D eigenvalue weighted by atomic mass is 10.1. The largest absolute Gasteiger partial charge is 0.438 e. The number of aromatic nitrogens is 4. The van der Waals surface area contributed by atoms with Crippen molar-refractivity contribution >= 4 is 28.8 Å². The molecule has 0 aliphatic heterocycles. The zero-order valence-corrected chi connectivity index (χ0v) is 13.7. The van der Waals surface area contributed by atoms with Crippen LogP contribution < -0.4 is 4.74 Å². The molecule has 0 atom stereocenters. The normalized spacial score (nSPS) is 10.9. The fourth-order valence-corrected chi connectivity index (χ4v) is 2.75. The Labute approximate surface area is 147 Å². The molecule has 0 bridgehead atoms. The summed E-state index contributed by atoms with van der Waals surface area (Å²) in [5.74, 6) is 1.03. The van der Waals surface area contributed by atoms with Crippen LogP contribution in [-0.4, -0.2) is 19.8 Å². The molecule has 0 aliphatic carbocycles. The van der Waals surface area contributed by atoms with E-state index in [4.69, 9.17) is 27.9 Å². The van der Waals surface area contributed by atoms with Crippen LogP contribution >= 0.6 is 23.2 Å². The molecule has 0 saturated carbocycles. The Morgan fingerprint density at radius 2 is 1.75 bits per heavy atom. The summed E-state index contributed by atoms with van der Waals surface area (Å²) in [6, 6.07) is 18.7. The van der Waals surface area contributed by atoms with Crippen LogP contribution in [-0.2, 0) is 0 Å². The quantitative estimate of drug-likeness (QED) is 0.524. The molecule has 5 nitrogen and oxygen atoms in total. The van der Waals surface area contributed by atoms with Crippen molar-refractivity contribution in [2.45, 2.75) is 0 Å². The minimum absolute atomic E-state index is 0.181. The second-order valence-electron chi connectivity index (χ2n) is 5.02. The van der Waals surface area contributed by atoms with E-state index in [0.717, 1.165) is 11.1 Å². The summed E-state index contributed by atoms with van der Waals surface area (Å²) in [5, 5.41) is 12.8. The maximum absolute atomic E-state index is 6.26. The summed E-state index contributed by atoms with van der Waals surface area (Å²) in [6.07, 6.45) is 0. The molecule has 0 radical (unpaired) electrons. The van der Waals surface area contributed by atoms with Crippen LogP contribution in [0.3, 0.4) is 0 Å². The van der Waals surface area contributed by atoms with E-state index in [1.54, 1.807) is 12.1 Å². The molecule has 24 heavy (non-hydrogen) atoms. The first-order valence-electron chi connectivity index (χ1n) is 7.11. The van der Waals surface area contributed by atoms with Gasteiger partial charge in [-0.2, -0.15) is 4.52 Å². The Morgan fingerprint density at radius 1 is 0.875 bits per heavy atom. The van der Waals surface area contributed by atoms with Gasteiger partial charge in [-0.05, 0) is 41.4 Å². The van der Waals surface area contributed by atoms with E-state index in [1.807, 2.05) is 48.5 Å². The summed E-state index contributed by atoms with van der Waals surface area (Å²) < 4.78 is 7.24. The topological polar surface area (TPSA) is 52.3 Å². The minimum Gasteiger partial charge on any atom is -0.438 e. The number of hydrogen-bond acceptors (Lipinski definition) is 4. The van der Waals surface area contributed by atoms with Crippen LogP contribution in [0.15, 0.2) is 60.7 Å². The molecule has 0 amide bonds. The Hall–Kier alpha value is -2.63. The molecular weight excluding hydrogens is 347 g/mol. The molecule has 4 rings (SSSR count). The van der Waals surface area contributed by atoms with Gasteiger partial charge in [0, 0.05) is 16.7 Å². The van der Waals surface area contributed by atoms with Crippen molar-refractivity contribution in [3.05, 3.63) is 71.0 Å². The maximum Gasteiger partial charge on any atom is 0.246 e. The molecule has 0 unspecified atom stereocenters. The second-order valence-corrected chi connectivity index (χ2v) is 5.77. The molecule has 2 heterocycles. The summed E-state index contributed by atoms with van der Waals surface area (Å²) in [6.45, 7) is 0. The summed E-state index contributed by atoms with van der Waals surface area (Å²) >= 11 is 12.2. The van der Waals surface area contributed by atoms with E-state index in [2.05, 4.69) is 15.3 Å². The number of rotatable bonds is 3. The molecule has 4 aromatic rings. The third-order valence-electron chi connectivity index (χ3n) is 3.44. The summed E-state index contributed by atoms with van der Waals surface area (Å²) in [5.41, 5.74) is 2.45. The Bertz CT molecular complexity index is 1030. The molecule has 2 aromatic heterocycles. The number of nitrogens with zero attached hydrogens (tertiary/aromatic N) is 4. The first-order chi connectivity index (χ1) is 11.7. The predicted octanol–water partition coefficient (Wildman–Crippen LogP) is 4.89. The van der Waals surface area contributed by atoms with E-state index in [0.29, 0.717) is 22.3 Å². The molecule has 7 heteroatoms. The van der Waals surface area contributed by atoms with Gasteiger partial charge in [-0.15, -0.1) is 15.3 Å². The van der Waals surface area contributed by atoms with Crippen molar-refractivity contribution in [2.24, 2.45) is 0 Å². The molecular formula is C17H10Cl2N4O. The van der Waals surface area contributed by atoms with Crippen molar-refractivity contribution in [3.63, 3.8) is 0 Å². The van der Waals surface area contributed by atoms with Gasteiger partial charge < -0.3 is 4.74 Å². The number of fused-ring (bicyclic) bond motifs is 1. The molecule has 0 fully saturated rings. The molecule has 0 aliphatic rings. The van der Waals surface area contributed by atoms with Crippen LogP contribution in [0.25, 0.3) is 16.8 Å². The van der Waals surface area contributed by atoms with Gasteiger partial charge >= 0.3 is 0 Å². The molecule has 2 aromatic carbocycles. The Kier molecular flexibility index (Phi) is 3.80. The average molecular weight is 357 g/mol. The lowest BCUT2D eigenvalue weighted by Crippen LogP contribution is -1.95. The Balaban J connectivity index is 1.68. The van der Waals surface area contributed by atoms with Crippen LogP contribution in [0, 0.1) is 0 Å². The van der Waals surface area contributed by atoms with Gasteiger partial charge in [0.05, 0.1) is 0 Å². The number of halogens is 2. The van der Waals surface area contributed by atoms with Crippen molar-refractivity contribution in [1.82, 2.24) is 19.8 Å². The van der Waals surface area contributed by atoms with Gasteiger partial charge in [0.15, 0.2) is 5.65 Å². The third kappa shape index (κ3) is 2.79. The van der Waals surface area contributed by atoms with E-state index >= 15 is 0 Å². The number of ether oxygens (including phenoxy) is 1. The van der Waals surface area contributed by atoms with E-state index in [1.165, 1.54) is 4.52 Å². The summed E-state index contributed by atoms with van der Waals surface area (Å²) in [4.78, 5) is 0. The van der Waals surface area contributed by atoms with Crippen LogP contribution in [0.1, 0.15) is 0 Å². The predicted molar refractivity (Wildman–Crippen MR) is 92.8 cm³/mol. The van der Waals surface area contributed by atoms with Gasteiger partial charge in [0.25, 0.3) is 0 Å². The monoisotopic (exact) mass is 356 g/mol. The molecule has 0 spiro atoms. The van der Waals surface area contributed by atoms with E-state index in [9.17, 15) is 0 Å². The first kappa shape index (κ1) is 14.9. The first-order valence-corrected chi connectivity index (χ1v) is 7.87. The second kappa shape index (κ2) is 6.11. The molecule has 0 saturated heterocycles. The summed E-state index contributed by atoms with van der Waals surface area (Å²) in [7, 11) is 0. The van der Waals surface area contributed by atoms with Gasteiger partial charge in [0.1, 0.15) is 5.75 Å². The highest BCUT2D eigenvalue weighted by atomic mass is 35.5. The van der Waals surface area contributed by atoms with Crippen LogP contribution in [0.2, 0.25) is 10.3 Å². The number of hydrogen-bond donors (Lipinski definition) is 0. The standard InChI is InChI=1S/C17H10Cl2N4O/c18-14-7-2-1-6-13(14)11-4-3-5-12(10-11)24-16-9-8-15-20-21-17(19)23(15)22-16/h1-10H. The van der Waals surface area contributed by atoms with E-state index in [-0.39, 0.29) is 5.28 Å². The SMILES string of the molecule is Clc1ccccc1-c1cccc(Oc2ccc3nnc(Cl)n3n2)c1. The van der Waals surface area contributed by atoms with Crippen molar-refractivity contribution in [1.29, 1.82) is 0 Å². The zero-order valence-electron chi connectivity index (χ0n) is 12.2. The highest BCUT2D eigenvalue weighted by molar-refractivity contribution is 6.33. The van der Waals surface area contributed by atoms with Gasteiger partial charge in [0.2, 0.25) is 11.2 Å². The smallest absolute Gasteiger partial charge is 0.246 e. The molecule has 118 valence electrons. The average Bonchev–Trinajstić information content (AvgIpc) is 2.96. The van der Waals surface area contributed by atoms with Crippen LogP contribution in [0.5, 0.6) is 11.6 Å². The number of benzene rings is 2. The third-order valence-corrected chi connectivity index (χ3v) is 4.01. The van der Waals surface area contributed by atoms with Crippen LogP contribution in [0.4, 0.5) is 0 Å². The van der Waals surface area contributed by atoms with Crippen molar-refractivity contribution in [3.8, 4) is 22.8 Å². The lowest BCUT2D eigenvalue weighted by molar-refractivity contribution is 0.452. The van der Waals surface area contributed by atoms with Crippen molar-refractivity contribution in [2.75, 3.05) is 0 Å². The fraction of sp³-hybridized carbons (Fsp3) is 0.